The Morgan fingerprint density at radius 1 is 1.25 bits per heavy atom. The second-order valence-electron chi connectivity index (χ2n) is 5.51. The van der Waals surface area contributed by atoms with E-state index in [1.54, 1.807) is 6.07 Å². The van der Waals surface area contributed by atoms with E-state index < -0.39 is 0 Å². The van der Waals surface area contributed by atoms with Crippen LogP contribution in [0.25, 0.3) is 0 Å². The molecule has 110 valence electrons. The van der Waals surface area contributed by atoms with Gasteiger partial charge in [0.1, 0.15) is 5.82 Å². The standard InChI is InChI=1S/C15H22FN3S/c1-12(2)11-17-15(20)19-9-7-18(8-10-19)14-6-4-3-5-13(14)16/h3-6,12H,7-11H2,1-2H3,(H,17,20). The van der Waals surface area contributed by atoms with Crippen molar-refractivity contribution < 1.29 is 4.39 Å². The number of hydrogen-bond acceptors (Lipinski definition) is 2. The van der Waals surface area contributed by atoms with Gasteiger partial charge < -0.3 is 15.1 Å². The minimum absolute atomic E-state index is 0.151. The topological polar surface area (TPSA) is 18.5 Å². The number of benzene rings is 1. The van der Waals surface area contributed by atoms with Gasteiger partial charge in [-0.1, -0.05) is 26.0 Å². The Hall–Kier alpha value is -1.36. The van der Waals surface area contributed by atoms with E-state index in [4.69, 9.17) is 12.2 Å². The largest absolute Gasteiger partial charge is 0.366 e. The predicted molar refractivity (Wildman–Crippen MR) is 85.6 cm³/mol. The molecule has 0 atom stereocenters. The summed E-state index contributed by atoms with van der Waals surface area (Å²) in [6.07, 6.45) is 0. The molecule has 0 aromatic heterocycles. The number of nitrogens with one attached hydrogen (secondary N) is 1. The van der Waals surface area contributed by atoms with E-state index in [1.807, 2.05) is 12.1 Å². The molecule has 0 aliphatic carbocycles. The first-order valence-corrected chi connectivity index (χ1v) is 7.51. The van der Waals surface area contributed by atoms with Gasteiger partial charge >= 0.3 is 0 Å². The number of anilines is 1. The molecule has 20 heavy (non-hydrogen) atoms. The Morgan fingerprint density at radius 2 is 1.90 bits per heavy atom. The van der Waals surface area contributed by atoms with Gasteiger partial charge in [-0.25, -0.2) is 4.39 Å². The van der Waals surface area contributed by atoms with Gasteiger partial charge in [0, 0.05) is 32.7 Å². The van der Waals surface area contributed by atoms with Crippen LogP contribution in [0.4, 0.5) is 10.1 Å². The fourth-order valence-corrected chi connectivity index (χ4v) is 2.53. The van der Waals surface area contributed by atoms with Crippen LogP contribution in [0.5, 0.6) is 0 Å². The fourth-order valence-electron chi connectivity index (χ4n) is 2.26. The van der Waals surface area contributed by atoms with Gasteiger partial charge in [-0.3, -0.25) is 0 Å². The van der Waals surface area contributed by atoms with Gasteiger partial charge in [-0.15, -0.1) is 0 Å². The van der Waals surface area contributed by atoms with E-state index in [9.17, 15) is 4.39 Å². The molecular formula is C15H22FN3S. The van der Waals surface area contributed by atoms with Gasteiger partial charge in [0.2, 0.25) is 0 Å². The summed E-state index contributed by atoms with van der Waals surface area (Å²) in [5, 5.41) is 4.09. The SMILES string of the molecule is CC(C)CNC(=S)N1CCN(c2ccccc2F)CC1. The van der Waals surface area contributed by atoms with Gasteiger partial charge in [0.05, 0.1) is 5.69 Å². The summed E-state index contributed by atoms with van der Waals surface area (Å²) in [6.45, 7) is 8.47. The van der Waals surface area contributed by atoms with Crippen LogP contribution in [0.1, 0.15) is 13.8 Å². The molecule has 0 amide bonds. The highest BCUT2D eigenvalue weighted by Gasteiger charge is 2.20. The number of piperazine rings is 1. The van der Waals surface area contributed by atoms with Crippen molar-refractivity contribution in [3.8, 4) is 0 Å². The van der Waals surface area contributed by atoms with E-state index in [-0.39, 0.29) is 5.82 Å². The van der Waals surface area contributed by atoms with Crippen LogP contribution in [-0.2, 0) is 0 Å². The van der Waals surface area contributed by atoms with Crippen molar-refractivity contribution in [3.05, 3.63) is 30.1 Å². The summed E-state index contributed by atoms with van der Waals surface area (Å²) < 4.78 is 13.7. The number of halogens is 1. The van der Waals surface area contributed by atoms with Crippen molar-refractivity contribution >= 4 is 23.0 Å². The highest BCUT2D eigenvalue weighted by atomic mass is 32.1. The predicted octanol–water partition coefficient (Wildman–Crippen LogP) is 2.48. The molecule has 0 saturated carbocycles. The smallest absolute Gasteiger partial charge is 0.169 e. The van der Waals surface area contributed by atoms with Crippen LogP contribution in [0.3, 0.4) is 0 Å². The van der Waals surface area contributed by atoms with Crippen molar-refractivity contribution in [2.24, 2.45) is 5.92 Å². The van der Waals surface area contributed by atoms with Crippen molar-refractivity contribution in [3.63, 3.8) is 0 Å². The molecule has 3 nitrogen and oxygen atoms in total. The molecule has 0 spiro atoms. The molecule has 2 rings (SSSR count). The second kappa shape index (κ2) is 6.88. The first-order valence-electron chi connectivity index (χ1n) is 7.10. The Kier molecular flexibility index (Phi) is 5.17. The summed E-state index contributed by atoms with van der Waals surface area (Å²) in [7, 11) is 0. The number of nitrogens with zero attached hydrogens (tertiary/aromatic N) is 2. The van der Waals surface area contributed by atoms with Crippen LogP contribution in [-0.4, -0.2) is 42.7 Å². The molecule has 0 radical (unpaired) electrons. The Balaban J connectivity index is 1.86. The second-order valence-corrected chi connectivity index (χ2v) is 5.89. The summed E-state index contributed by atoms with van der Waals surface area (Å²) in [5.74, 6) is 0.425. The molecule has 5 heteroatoms. The average molecular weight is 295 g/mol. The molecule has 1 saturated heterocycles. The first kappa shape index (κ1) is 15.0. The zero-order valence-electron chi connectivity index (χ0n) is 12.1. The van der Waals surface area contributed by atoms with Crippen molar-refractivity contribution in [1.29, 1.82) is 0 Å². The summed E-state index contributed by atoms with van der Waals surface area (Å²) in [5.41, 5.74) is 0.688. The molecule has 1 aliphatic rings. The number of para-hydroxylation sites is 1. The normalized spacial score (nSPS) is 15.6. The van der Waals surface area contributed by atoms with Crippen LogP contribution in [0.15, 0.2) is 24.3 Å². The van der Waals surface area contributed by atoms with E-state index >= 15 is 0 Å². The molecule has 1 N–H and O–H groups in total. The summed E-state index contributed by atoms with van der Waals surface area (Å²) in [4.78, 5) is 4.24. The molecule has 1 aromatic carbocycles. The average Bonchev–Trinajstić information content (AvgIpc) is 2.45. The van der Waals surface area contributed by atoms with Crippen molar-refractivity contribution in [1.82, 2.24) is 10.2 Å². The third kappa shape index (κ3) is 3.82. The lowest BCUT2D eigenvalue weighted by Gasteiger charge is -2.37. The molecule has 1 fully saturated rings. The van der Waals surface area contributed by atoms with E-state index in [0.717, 1.165) is 37.8 Å². The minimum Gasteiger partial charge on any atom is -0.366 e. The molecule has 1 heterocycles. The monoisotopic (exact) mass is 295 g/mol. The first-order chi connectivity index (χ1) is 9.58. The molecule has 1 aliphatic heterocycles. The highest BCUT2D eigenvalue weighted by molar-refractivity contribution is 7.80. The molecule has 0 bridgehead atoms. The minimum atomic E-state index is -0.151. The van der Waals surface area contributed by atoms with E-state index in [0.29, 0.717) is 11.6 Å². The van der Waals surface area contributed by atoms with Crippen LogP contribution >= 0.6 is 12.2 Å². The van der Waals surface area contributed by atoms with E-state index in [1.165, 1.54) is 6.07 Å². The maximum atomic E-state index is 13.7. The number of thiocarbonyl (C=S) groups is 1. The Morgan fingerprint density at radius 3 is 2.50 bits per heavy atom. The zero-order valence-corrected chi connectivity index (χ0v) is 12.9. The van der Waals surface area contributed by atoms with Gasteiger partial charge in [-0.2, -0.15) is 0 Å². The third-order valence-electron chi connectivity index (χ3n) is 3.42. The fraction of sp³-hybridized carbons (Fsp3) is 0.533. The van der Waals surface area contributed by atoms with Crippen LogP contribution in [0.2, 0.25) is 0 Å². The lowest BCUT2D eigenvalue weighted by atomic mass is 10.2. The molecular weight excluding hydrogens is 273 g/mol. The van der Waals surface area contributed by atoms with Gasteiger partial charge in [-0.05, 0) is 30.3 Å². The Bertz CT molecular complexity index is 456. The maximum absolute atomic E-state index is 13.7. The maximum Gasteiger partial charge on any atom is 0.169 e. The van der Waals surface area contributed by atoms with Crippen molar-refractivity contribution in [2.75, 3.05) is 37.6 Å². The van der Waals surface area contributed by atoms with Gasteiger partial charge in [0.25, 0.3) is 0 Å². The van der Waals surface area contributed by atoms with E-state index in [2.05, 4.69) is 29.0 Å². The number of hydrogen-bond donors (Lipinski definition) is 1. The van der Waals surface area contributed by atoms with Gasteiger partial charge in [0.15, 0.2) is 5.11 Å². The highest BCUT2D eigenvalue weighted by Crippen LogP contribution is 2.20. The lowest BCUT2D eigenvalue weighted by Crippen LogP contribution is -2.52. The Labute approximate surface area is 125 Å². The van der Waals surface area contributed by atoms with Crippen LogP contribution in [0, 0.1) is 11.7 Å². The number of rotatable bonds is 3. The zero-order chi connectivity index (χ0) is 14.5. The molecule has 1 aromatic rings. The summed E-state index contributed by atoms with van der Waals surface area (Å²) in [6, 6.07) is 6.94. The molecule has 0 unspecified atom stereocenters. The third-order valence-corrected chi connectivity index (χ3v) is 3.82. The summed E-state index contributed by atoms with van der Waals surface area (Å²) >= 11 is 5.40. The van der Waals surface area contributed by atoms with Crippen LogP contribution < -0.4 is 10.2 Å². The van der Waals surface area contributed by atoms with Crippen molar-refractivity contribution in [2.45, 2.75) is 13.8 Å². The lowest BCUT2D eigenvalue weighted by molar-refractivity contribution is 0.376. The quantitative estimate of drug-likeness (QED) is 0.863.